The number of alkyl halides is 1. The number of halogens is 2. The first-order chi connectivity index (χ1) is 21.5. The average molecular weight is 644 g/mol. The van der Waals surface area contributed by atoms with Crippen LogP contribution in [0.4, 0.5) is 8.78 Å². The van der Waals surface area contributed by atoms with Gasteiger partial charge in [0.2, 0.25) is 11.8 Å². The number of amides is 3. The minimum absolute atomic E-state index is 0.0457. The standard InChI is InChI=1S/C30H31F2N5O7S/c1-18(38)44-36-27(33)25-12-11-23(45-25)14-34-29(41)24-13-30(32,17-42-2)16-37(24)26(39)15-35-28(40)19-3-7-21(8-4-19)43-22-9-5-20(31)6-10-22/h3-12,24H,13-17H2,1-2H3,(H2,33,36)(H,34,41)(H,35,40)/t24-,30+/m0/s1. The third-order valence-corrected chi connectivity index (χ3v) is 7.73. The van der Waals surface area contributed by atoms with E-state index in [1.54, 1.807) is 24.3 Å². The maximum atomic E-state index is 15.5. The van der Waals surface area contributed by atoms with Crippen molar-refractivity contribution in [1.82, 2.24) is 21.0 Å². The number of methoxy groups -OCH3 is 1. The molecule has 0 saturated carbocycles. The second-order valence-corrected chi connectivity index (χ2v) is 11.3. The van der Waals surface area contributed by atoms with Gasteiger partial charge in [-0.05, 0) is 60.7 Å². The van der Waals surface area contributed by atoms with Gasteiger partial charge in [-0.2, -0.15) is 5.48 Å². The number of hydrogen-bond donors (Lipinski definition) is 4. The fraction of sp³-hybridized carbons (Fsp3) is 0.300. The number of hydrogen-bond acceptors (Lipinski definition) is 9. The molecule has 0 unspecified atom stereocenters. The molecule has 0 radical (unpaired) electrons. The van der Waals surface area contributed by atoms with E-state index in [0.717, 1.165) is 4.90 Å². The number of likely N-dealkylation sites (tertiary alicyclic amines) is 1. The van der Waals surface area contributed by atoms with E-state index >= 15 is 4.39 Å². The molecule has 1 fully saturated rings. The number of nitrogens with one attached hydrogen (secondary N) is 4. The van der Waals surface area contributed by atoms with Crippen LogP contribution in [0.15, 0.2) is 60.7 Å². The number of carbonyl (C=O) groups is 4. The van der Waals surface area contributed by atoms with Crippen LogP contribution in [-0.2, 0) is 30.5 Å². The van der Waals surface area contributed by atoms with Crippen LogP contribution < -0.4 is 20.9 Å². The van der Waals surface area contributed by atoms with Crippen molar-refractivity contribution in [2.24, 2.45) is 0 Å². The lowest BCUT2D eigenvalue weighted by atomic mass is 10.0. The molecule has 0 spiro atoms. The summed E-state index contributed by atoms with van der Waals surface area (Å²) in [5, 5.41) is 13.1. The molecule has 1 saturated heterocycles. The second-order valence-electron chi connectivity index (χ2n) is 10.1. The Labute approximate surface area is 261 Å². The van der Waals surface area contributed by atoms with Crippen LogP contribution in [-0.4, -0.2) is 72.9 Å². The number of carbonyl (C=O) groups excluding carboxylic acids is 4. The number of rotatable bonds is 11. The minimum atomic E-state index is -1.97. The van der Waals surface area contributed by atoms with Crippen LogP contribution in [0.1, 0.15) is 33.5 Å². The Morgan fingerprint density at radius 1 is 1.02 bits per heavy atom. The smallest absolute Gasteiger partial charge is 0.329 e. The fourth-order valence-corrected chi connectivity index (χ4v) is 5.38. The molecular formula is C30H31F2N5O7S. The molecule has 1 aliphatic heterocycles. The fourth-order valence-electron chi connectivity index (χ4n) is 4.54. The Morgan fingerprint density at radius 2 is 1.69 bits per heavy atom. The molecule has 0 bridgehead atoms. The lowest BCUT2D eigenvalue weighted by Gasteiger charge is -2.24. The maximum Gasteiger partial charge on any atom is 0.329 e. The number of nitrogens with zero attached hydrogens (tertiary/aromatic N) is 1. The Kier molecular flexibility index (Phi) is 10.8. The number of hydroxylamine groups is 1. The van der Waals surface area contributed by atoms with E-state index in [4.69, 9.17) is 14.9 Å². The molecule has 45 heavy (non-hydrogen) atoms. The Balaban J connectivity index is 1.33. The molecule has 2 heterocycles. The van der Waals surface area contributed by atoms with E-state index in [9.17, 15) is 23.6 Å². The van der Waals surface area contributed by atoms with Gasteiger partial charge in [0.25, 0.3) is 5.91 Å². The van der Waals surface area contributed by atoms with Crippen molar-refractivity contribution in [3.63, 3.8) is 0 Å². The van der Waals surface area contributed by atoms with Gasteiger partial charge in [-0.1, -0.05) is 0 Å². The quantitative estimate of drug-likeness (QED) is 0.141. The van der Waals surface area contributed by atoms with E-state index in [2.05, 4.69) is 21.0 Å². The van der Waals surface area contributed by atoms with Gasteiger partial charge in [0.15, 0.2) is 11.5 Å². The van der Waals surface area contributed by atoms with Crippen molar-refractivity contribution in [3.8, 4) is 11.5 Å². The van der Waals surface area contributed by atoms with Crippen molar-refractivity contribution in [3.05, 3.63) is 81.8 Å². The summed E-state index contributed by atoms with van der Waals surface area (Å²) in [6.07, 6.45) is -0.297. The summed E-state index contributed by atoms with van der Waals surface area (Å²) >= 11 is 1.17. The number of amidine groups is 1. The molecule has 0 aliphatic carbocycles. The zero-order valence-electron chi connectivity index (χ0n) is 24.4. The van der Waals surface area contributed by atoms with Gasteiger partial charge in [0, 0.05) is 30.9 Å². The topological polar surface area (TPSA) is 159 Å². The first-order valence-corrected chi connectivity index (χ1v) is 14.5. The molecule has 4 N–H and O–H groups in total. The van der Waals surface area contributed by atoms with Gasteiger partial charge in [-0.3, -0.25) is 24.6 Å². The Morgan fingerprint density at radius 3 is 2.33 bits per heavy atom. The summed E-state index contributed by atoms with van der Waals surface area (Å²) < 4.78 is 39.2. The normalized spacial score (nSPS) is 17.3. The van der Waals surface area contributed by atoms with Gasteiger partial charge in [-0.25, -0.2) is 8.78 Å². The molecule has 2 atom stereocenters. The largest absolute Gasteiger partial charge is 0.457 e. The van der Waals surface area contributed by atoms with E-state index in [1.165, 1.54) is 61.8 Å². The molecule has 3 aromatic rings. The highest BCUT2D eigenvalue weighted by atomic mass is 32.1. The van der Waals surface area contributed by atoms with Crippen molar-refractivity contribution in [1.29, 1.82) is 5.41 Å². The van der Waals surface area contributed by atoms with Crippen molar-refractivity contribution in [2.75, 3.05) is 26.8 Å². The number of thiophene rings is 1. The van der Waals surface area contributed by atoms with Crippen LogP contribution in [0.5, 0.6) is 11.5 Å². The lowest BCUT2D eigenvalue weighted by Crippen LogP contribution is -2.49. The molecule has 12 nitrogen and oxygen atoms in total. The summed E-state index contributed by atoms with van der Waals surface area (Å²) in [5.74, 6) is -2.14. The predicted octanol–water partition coefficient (Wildman–Crippen LogP) is 3.07. The molecule has 3 amide bonds. The monoisotopic (exact) mass is 643 g/mol. The van der Waals surface area contributed by atoms with Gasteiger partial charge in [-0.15, -0.1) is 11.3 Å². The van der Waals surface area contributed by atoms with Crippen LogP contribution in [0.3, 0.4) is 0 Å². The van der Waals surface area contributed by atoms with Gasteiger partial charge in [0.1, 0.15) is 23.4 Å². The lowest BCUT2D eigenvalue weighted by molar-refractivity contribution is -0.145. The summed E-state index contributed by atoms with van der Waals surface area (Å²) in [7, 11) is 1.32. The van der Waals surface area contributed by atoms with Gasteiger partial charge >= 0.3 is 5.97 Å². The Bertz CT molecular complexity index is 1550. The highest BCUT2D eigenvalue weighted by Crippen LogP contribution is 2.31. The third-order valence-electron chi connectivity index (χ3n) is 6.62. The molecule has 1 aromatic heterocycles. The average Bonchev–Trinajstić information content (AvgIpc) is 3.64. The first-order valence-electron chi connectivity index (χ1n) is 13.6. The number of benzene rings is 2. The molecule has 15 heteroatoms. The molecular weight excluding hydrogens is 612 g/mol. The zero-order valence-corrected chi connectivity index (χ0v) is 25.2. The molecule has 4 rings (SSSR count). The van der Waals surface area contributed by atoms with E-state index in [0.29, 0.717) is 21.3 Å². The zero-order chi connectivity index (χ0) is 32.6. The highest BCUT2D eigenvalue weighted by Gasteiger charge is 2.49. The summed E-state index contributed by atoms with van der Waals surface area (Å²) in [6.45, 7) is 0.0264. The molecule has 2 aromatic carbocycles. The maximum absolute atomic E-state index is 15.5. The van der Waals surface area contributed by atoms with E-state index in [1.807, 2.05) is 0 Å². The predicted molar refractivity (Wildman–Crippen MR) is 159 cm³/mol. The highest BCUT2D eigenvalue weighted by molar-refractivity contribution is 7.14. The minimum Gasteiger partial charge on any atom is -0.457 e. The van der Waals surface area contributed by atoms with Crippen molar-refractivity contribution >= 4 is 40.9 Å². The van der Waals surface area contributed by atoms with Crippen molar-refractivity contribution < 1.29 is 42.3 Å². The summed E-state index contributed by atoms with van der Waals surface area (Å²) in [4.78, 5) is 56.7. The van der Waals surface area contributed by atoms with Crippen LogP contribution in [0.25, 0.3) is 0 Å². The summed E-state index contributed by atoms with van der Waals surface area (Å²) in [6, 6.07) is 13.6. The Hall–Kier alpha value is -4.89. The SMILES string of the molecule is COC[C@@]1(F)C[C@@H](C(=O)NCc2ccc(C(=N)NOC(C)=O)s2)N(C(=O)CNC(=O)c2ccc(Oc3ccc(F)cc3)cc2)C1. The van der Waals surface area contributed by atoms with Crippen molar-refractivity contribution in [2.45, 2.75) is 31.6 Å². The van der Waals surface area contributed by atoms with Crippen LogP contribution >= 0.6 is 11.3 Å². The van der Waals surface area contributed by atoms with Crippen LogP contribution in [0, 0.1) is 11.2 Å². The number of ether oxygens (including phenoxy) is 2. The summed E-state index contributed by atoms with van der Waals surface area (Å²) in [5.41, 5.74) is 0.481. The molecule has 238 valence electrons. The van der Waals surface area contributed by atoms with Crippen LogP contribution in [0.2, 0.25) is 0 Å². The van der Waals surface area contributed by atoms with E-state index < -0.39 is 54.3 Å². The first kappa shape index (κ1) is 33.0. The third kappa shape index (κ3) is 9.06. The second kappa shape index (κ2) is 14.7. The van der Waals surface area contributed by atoms with Gasteiger partial charge in [0.05, 0.1) is 31.1 Å². The molecule has 1 aliphatic rings. The van der Waals surface area contributed by atoms with Gasteiger partial charge < -0.3 is 29.8 Å². The van der Waals surface area contributed by atoms with E-state index in [-0.39, 0.29) is 31.0 Å².